The van der Waals surface area contributed by atoms with Crippen molar-refractivity contribution in [3.05, 3.63) is 35.9 Å². The van der Waals surface area contributed by atoms with Crippen molar-refractivity contribution < 1.29 is 38.3 Å². The van der Waals surface area contributed by atoms with Crippen LogP contribution in [0.2, 0.25) is 0 Å². The molecular weight excluding hydrogens is 673 g/mol. The van der Waals surface area contributed by atoms with Crippen LogP contribution in [0.25, 0.3) is 0 Å². The molecule has 4 rings (SSSR count). The number of amides is 6. The molecule has 1 aliphatic carbocycles. The monoisotopic (exact) mass is 718 g/mol. The van der Waals surface area contributed by atoms with E-state index >= 15 is 0 Å². The smallest absolute Gasteiger partial charge is 0.407 e. The average molecular weight is 719 g/mol. The van der Waals surface area contributed by atoms with Crippen LogP contribution in [0.3, 0.4) is 0 Å². The normalized spacial score (nSPS) is 19.2. The summed E-state index contributed by atoms with van der Waals surface area (Å²) in [5.74, 6) is -1.93. The summed E-state index contributed by atoms with van der Waals surface area (Å²) < 4.78 is 4.76. The van der Waals surface area contributed by atoms with E-state index in [4.69, 9.17) is 4.74 Å². The van der Waals surface area contributed by atoms with Gasteiger partial charge in [-0.3, -0.25) is 28.8 Å². The van der Waals surface area contributed by atoms with Gasteiger partial charge in [0.25, 0.3) is 5.91 Å². The summed E-state index contributed by atoms with van der Waals surface area (Å²) in [6.07, 6.45) is 3.31. The summed E-state index contributed by atoms with van der Waals surface area (Å²) in [6.45, 7) is 1.49. The minimum absolute atomic E-state index is 0.154. The molecule has 2 saturated heterocycles. The Morgan fingerprint density at radius 3 is 2.31 bits per heavy atom. The third-order valence-corrected chi connectivity index (χ3v) is 11.8. The number of benzene rings is 1. The van der Waals surface area contributed by atoms with Gasteiger partial charge in [-0.15, -0.1) is 23.5 Å². The number of Topliss-reactive ketones (excluding diaryl/α,β-unsaturated/α-hetero) is 1. The van der Waals surface area contributed by atoms with Crippen LogP contribution in [0, 0.1) is 5.92 Å². The van der Waals surface area contributed by atoms with Gasteiger partial charge in [0.1, 0.15) is 18.6 Å². The van der Waals surface area contributed by atoms with Crippen LogP contribution in [-0.2, 0) is 33.5 Å². The van der Waals surface area contributed by atoms with Gasteiger partial charge in [-0.05, 0) is 48.7 Å². The van der Waals surface area contributed by atoms with E-state index in [9.17, 15) is 33.6 Å². The Bertz CT molecular complexity index is 1390. The molecule has 3 atom stereocenters. The van der Waals surface area contributed by atoms with Gasteiger partial charge in [0, 0.05) is 27.1 Å². The zero-order valence-corrected chi connectivity index (χ0v) is 29.8. The number of rotatable bonds is 15. The lowest BCUT2D eigenvalue weighted by atomic mass is 10.0. The van der Waals surface area contributed by atoms with Crippen molar-refractivity contribution in [2.24, 2.45) is 5.92 Å². The maximum atomic E-state index is 13.7. The number of thioether (sulfide) groups is 2. The summed E-state index contributed by atoms with van der Waals surface area (Å²) in [5.41, 5.74) is 0.554. The van der Waals surface area contributed by atoms with Crippen molar-refractivity contribution in [1.29, 1.82) is 0 Å². The van der Waals surface area contributed by atoms with Crippen molar-refractivity contribution in [2.75, 3.05) is 51.8 Å². The Morgan fingerprint density at radius 2 is 1.67 bits per heavy atom. The van der Waals surface area contributed by atoms with Crippen LogP contribution in [0.1, 0.15) is 57.1 Å². The molecule has 1 saturated carbocycles. The molecular formula is C33H46N6O8S2. The van der Waals surface area contributed by atoms with E-state index < -0.39 is 64.3 Å². The fourth-order valence-electron chi connectivity index (χ4n) is 5.57. The highest BCUT2D eigenvalue weighted by Crippen LogP contribution is 2.50. The Labute approximate surface area is 294 Å². The van der Waals surface area contributed by atoms with E-state index in [-0.39, 0.29) is 18.9 Å². The maximum absolute atomic E-state index is 13.7. The second-order valence-electron chi connectivity index (χ2n) is 12.6. The lowest BCUT2D eigenvalue weighted by Gasteiger charge is -2.31. The topological polar surface area (TPSA) is 183 Å². The number of ketones is 1. The second kappa shape index (κ2) is 17.7. The Balaban J connectivity index is 1.36. The van der Waals surface area contributed by atoms with Gasteiger partial charge >= 0.3 is 6.09 Å². The molecule has 3 fully saturated rings. The number of alkyl carbamates (subject to hydrolysis) is 1. The van der Waals surface area contributed by atoms with Gasteiger partial charge in [0.2, 0.25) is 29.4 Å². The van der Waals surface area contributed by atoms with Crippen LogP contribution < -0.4 is 21.3 Å². The van der Waals surface area contributed by atoms with E-state index in [0.29, 0.717) is 37.5 Å². The van der Waals surface area contributed by atoms with Gasteiger partial charge in [0.05, 0.1) is 23.3 Å². The zero-order valence-electron chi connectivity index (χ0n) is 28.2. The van der Waals surface area contributed by atoms with Gasteiger partial charge in [0.15, 0.2) is 0 Å². The SMILES string of the molecule is CCCC(NC(=O)[C@@H]1CC2(CN1C(=O)CNC(=O)OCC1CC1)SCCCS2)C(=O)C(=O)NCC(=O)NC(C(=O)N(C)C)c1ccccc1. The van der Waals surface area contributed by atoms with Crippen molar-refractivity contribution in [3.63, 3.8) is 0 Å². The highest BCUT2D eigenvalue weighted by atomic mass is 32.2. The number of hydrogen-bond acceptors (Lipinski definition) is 10. The van der Waals surface area contributed by atoms with E-state index in [1.165, 1.54) is 9.80 Å². The molecule has 16 heteroatoms. The predicted octanol–water partition coefficient (Wildman–Crippen LogP) is 1.21. The minimum atomic E-state index is -1.19. The number of hydrogen-bond donors (Lipinski definition) is 4. The first-order chi connectivity index (χ1) is 23.4. The molecule has 6 amide bonds. The average Bonchev–Trinajstić information content (AvgIpc) is 3.87. The Kier molecular flexibility index (Phi) is 13.8. The number of ether oxygens (including phenoxy) is 1. The maximum Gasteiger partial charge on any atom is 0.407 e. The fourth-order valence-corrected chi connectivity index (χ4v) is 8.92. The highest BCUT2D eigenvalue weighted by Gasteiger charge is 2.50. The van der Waals surface area contributed by atoms with Crippen LogP contribution in [0.4, 0.5) is 4.79 Å². The molecule has 1 aromatic rings. The van der Waals surface area contributed by atoms with E-state index in [2.05, 4.69) is 21.3 Å². The predicted molar refractivity (Wildman–Crippen MR) is 185 cm³/mol. The lowest BCUT2D eigenvalue weighted by molar-refractivity contribution is -0.142. The standard InChI is InChI=1S/C33H46N6O8S2/c1-4-9-23(28(42)30(44)34-17-25(40)37-27(31(45)38(2)3)22-10-6-5-7-11-22)36-29(43)24-16-33(48-14-8-15-49-33)20-39(24)26(41)18-35-32(46)47-19-21-12-13-21/h5-7,10-11,21,23-24,27H,4,8-9,12-20H2,1-3H3,(H,34,44)(H,35,46)(H,36,43)(H,37,40)/t23?,24-,27?/m0/s1. The summed E-state index contributed by atoms with van der Waals surface area (Å²) in [5, 5.41) is 10.1. The lowest BCUT2D eigenvalue weighted by Crippen LogP contribution is -2.54. The number of carbonyl (C=O) groups excluding carboxylic acids is 7. The molecule has 0 bridgehead atoms. The van der Waals surface area contributed by atoms with Crippen LogP contribution >= 0.6 is 23.5 Å². The summed E-state index contributed by atoms with van der Waals surface area (Å²) in [6, 6.07) is 5.53. The third-order valence-electron chi connectivity index (χ3n) is 8.43. The molecule has 2 aliphatic heterocycles. The molecule has 4 N–H and O–H groups in total. The second-order valence-corrected chi connectivity index (χ2v) is 15.9. The first-order valence-corrected chi connectivity index (χ1v) is 18.6. The number of carbonyl (C=O) groups is 7. The van der Waals surface area contributed by atoms with Gasteiger partial charge in [-0.1, -0.05) is 43.7 Å². The summed E-state index contributed by atoms with van der Waals surface area (Å²) in [4.78, 5) is 93.8. The molecule has 1 spiro atoms. The van der Waals surface area contributed by atoms with Crippen LogP contribution in [0.15, 0.2) is 30.3 Å². The summed E-state index contributed by atoms with van der Waals surface area (Å²) >= 11 is 3.40. The van der Waals surface area contributed by atoms with Crippen LogP contribution in [0.5, 0.6) is 0 Å². The molecule has 0 radical (unpaired) electrons. The molecule has 2 unspecified atom stereocenters. The molecule has 268 valence electrons. The minimum Gasteiger partial charge on any atom is -0.449 e. The van der Waals surface area contributed by atoms with Crippen molar-refractivity contribution in [3.8, 4) is 0 Å². The summed E-state index contributed by atoms with van der Waals surface area (Å²) in [7, 11) is 3.12. The zero-order chi connectivity index (χ0) is 35.6. The van der Waals surface area contributed by atoms with Crippen LogP contribution in [-0.4, -0.2) is 119 Å². The third kappa shape index (κ3) is 10.8. The molecule has 0 aromatic heterocycles. The molecule has 49 heavy (non-hydrogen) atoms. The molecule has 14 nitrogen and oxygen atoms in total. The fraction of sp³-hybridized carbons (Fsp3) is 0.606. The van der Waals surface area contributed by atoms with Gasteiger partial charge < -0.3 is 35.8 Å². The first-order valence-electron chi connectivity index (χ1n) is 16.6. The molecule has 2 heterocycles. The molecule has 3 aliphatic rings. The van der Waals surface area contributed by atoms with Crippen molar-refractivity contribution in [2.45, 2.75) is 67.7 Å². The Morgan fingerprint density at radius 1 is 0.980 bits per heavy atom. The van der Waals surface area contributed by atoms with Gasteiger partial charge in [-0.2, -0.15) is 0 Å². The first kappa shape index (κ1) is 38.0. The quantitative estimate of drug-likeness (QED) is 0.192. The Hall–Kier alpha value is -3.79. The molecule has 1 aromatic carbocycles. The van der Waals surface area contributed by atoms with Crippen molar-refractivity contribution in [1.82, 2.24) is 31.1 Å². The van der Waals surface area contributed by atoms with E-state index in [0.717, 1.165) is 30.8 Å². The highest BCUT2D eigenvalue weighted by molar-refractivity contribution is 8.18. The van der Waals surface area contributed by atoms with E-state index in [1.54, 1.807) is 74.9 Å². The number of nitrogens with zero attached hydrogens (tertiary/aromatic N) is 2. The largest absolute Gasteiger partial charge is 0.449 e. The van der Waals surface area contributed by atoms with Crippen molar-refractivity contribution >= 4 is 64.9 Å². The number of likely N-dealkylation sites (N-methyl/N-ethyl adjacent to an activating group) is 1. The van der Waals surface area contributed by atoms with Gasteiger partial charge in [-0.25, -0.2) is 4.79 Å². The number of nitrogens with one attached hydrogen (secondary N) is 4. The number of likely N-dealkylation sites (tertiary alicyclic amines) is 1. The van der Waals surface area contributed by atoms with E-state index in [1.807, 2.05) is 0 Å².